The number of nitrogens with zero attached hydrogens (tertiary/aromatic N) is 4. The third kappa shape index (κ3) is 21.3. The van der Waals surface area contributed by atoms with Crippen molar-refractivity contribution in [3.8, 4) is 11.5 Å². The molecule has 0 amide bonds. The second kappa shape index (κ2) is 35.5. The highest BCUT2D eigenvalue weighted by atomic mass is 32.1. The zero-order valence-electron chi connectivity index (χ0n) is 48.8. The maximum Gasteiger partial charge on any atom is 0.120 e. The lowest BCUT2D eigenvalue weighted by Crippen LogP contribution is -2.32. The number of hydrogen-bond donors (Lipinski definition) is 5. The van der Waals surface area contributed by atoms with Gasteiger partial charge in [0.1, 0.15) is 11.5 Å². The molecule has 0 bridgehead atoms. The molecule has 3 aromatic carbocycles. The molecule has 0 saturated heterocycles. The Labute approximate surface area is 444 Å². The van der Waals surface area contributed by atoms with Gasteiger partial charge in [-0.3, -0.25) is 19.6 Å². The third-order valence-corrected chi connectivity index (χ3v) is 14.9. The van der Waals surface area contributed by atoms with Gasteiger partial charge >= 0.3 is 0 Å². The molecule has 408 valence electrons. The van der Waals surface area contributed by atoms with Crippen molar-refractivity contribution in [2.45, 2.75) is 228 Å². The third-order valence-electron chi connectivity index (χ3n) is 14.5. The van der Waals surface area contributed by atoms with Crippen molar-refractivity contribution in [3.05, 3.63) is 88.0 Å². The van der Waals surface area contributed by atoms with Gasteiger partial charge < -0.3 is 21.7 Å². The molecule has 4 atom stereocenters. The summed E-state index contributed by atoms with van der Waals surface area (Å²) in [4.78, 5) is 11.3. The predicted octanol–water partition coefficient (Wildman–Crippen LogP) is 15.5. The summed E-state index contributed by atoms with van der Waals surface area (Å²) in [5.41, 5.74) is 18.9. The molecular formula is C62H112N6O2S. The van der Waals surface area contributed by atoms with Gasteiger partial charge in [-0.2, -0.15) is 0 Å². The largest absolute Gasteiger partial charge is 0.508 e. The fourth-order valence-electron chi connectivity index (χ4n) is 10.1. The van der Waals surface area contributed by atoms with E-state index in [4.69, 9.17) is 11.5 Å². The van der Waals surface area contributed by atoms with Crippen molar-refractivity contribution >= 4 is 12.6 Å². The monoisotopic (exact) mass is 1000 g/mol. The van der Waals surface area contributed by atoms with Gasteiger partial charge in [-0.15, -0.1) is 12.6 Å². The van der Waals surface area contributed by atoms with Gasteiger partial charge in [-0.1, -0.05) is 134 Å². The number of aromatic hydroxyl groups is 2. The van der Waals surface area contributed by atoms with E-state index in [1.807, 2.05) is 18.2 Å². The molecule has 71 heavy (non-hydrogen) atoms. The first-order valence-corrected chi connectivity index (χ1v) is 29.1. The fraction of sp³-hybridized carbons (Fsp3) is 0.710. The SMILES string of the molecule is CC(C)(CN)c1ccc(S)c(C(C)(C)CN)c1.CCCC(c1ccc(O)c(C(CCC)N(CCC)CCC)c1)N(CCC)CCC.CCCN(CCC)C(C)c1ccc(O)c(C(C)N(CCC)CCC)c1. The Balaban J connectivity index is 0.000000550. The molecule has 0 aliphatic rings. The Kier molecular flexibility index (Phi) is 33.2. The minimum Gasteiger partial charge on any atom is -0.508 e. The van der Waals surface area contributed by atoms with Crippen molar-refractivity contribution in [3.63, 3.8) is 0 Å². The predicted molar refractivity (Wildman–Crippen MR) is 315 cm³/mol. The van der Waals surface area contributed by atoms with Crippen LogP contribution in [0.4, 0.5) is 0 Å². The second-order valence-electron chi connectivity index (χ2n) is 21.6. The van der Waals surface area contributed by atoms with E-state index in [2.05, 4.69) is 179 Å². The van der Waals surface area contributed by atoms with E-state index in [1.54, 1.807) is 0 Å². The maximum atomic E-state index is 10.8. The zero-order valence-corrected chi connectivity index (χ0v) is 49.7. The molecular weight excluding hydrogens is 893 g/mol. The van der Waals surface area contributed by atoms with Gasteiger partial charge in [0.25, 0.3) is 0 Å². The minimum atomic E-state index is -0.0578. The van der Waals surface area contributed by atoms with Crippen molar-refractivity contribution in [1.29, 1.82) is 0 Å². The van der Waals surface area contributed by atoms with Crippen LogP contribution in [0.25, 0.3) is 0 Å². The molecule has 0 aliphatic heterocycles. The molecule has 0 radical (unpaired) electrons. The molecule has 0 heterocycles. The van der Waals surface area contributed by atoms with Gasteiger partial charge in [0.05, 0.1) is 0 Å². The van der Waals surface area contributed by atoms with Crippen LogP contribution in [0.1, 0.15) is 245 Å². The summed E-state index contributed by atoms with van der Waals surface area (Å²) in [6.07, 6.45) is 13.9. The summed E-state index contributed by atoms with van der Waals surface area (Å²) in [7, 11) is 0. The fourth-order valence-corrected chi connectivity index (χ4v) is 10.6. The lowest BCUT2D eigenvalue weighted by Gasteiger charge is -2.34. The Hall–Kier alpha value is -2.63. The Bertz CT molecular complexity index is 1830. The summed E-state index contributed by atoms with van der Waals surface area (Å²) in [5, 5.41) is 21.3. The number of benzene rings is 3. The molecule has 6 N–H and O–H groups in total. The van der Waals surface area contributed by atoms with Crippen molar-refractivity contribution in [2.24, 2.45) is 11.5 Å². The highest BCUT2D eigenvalue weighted by Gasteiger charge is 2.27. The Morgan fingerprint density at radius 1 is 0.451 bits per heavy atom. The number of hydrogen-bond acceptors (Lipinski definition) is 9. The number of rotatable bonds is 32. The standard InChI is InChI=1S/C26H48N2O.C22H40N2O.C14H24N2S/c1-7-13-24(27(17-9-3)18-10-4)22-15-16-26(29)23(21-22)25(14-8-2)28(19-11-5)20-12-6;1-7-13-23(14-8-2)18(5)20-11-12-22(25)21(17-20)19(6)24(15-9-3)16-10-4;1-13(2,8-15)10-5-6-12(17)11(7-10)14(3,4)9-16/h15-16,21,24-25,29H,7-14,17-20H2,1-6H3;11-12,17-19,25H,7-10,13-16H2,1-6H3;5-7,17H,8-9,15-16H2,1-4H3. The molecule has 0 spiro atoms. The van der Waals surface area contributed by atoms with Crippen LogP contribution in [0, 0.1) is 0 Å². The van der Waals surface area contributed by atoms with Crippen LogP contribution >= 0.6 is 12.6 Å². The van der Waals surface area contributed by atoms with E-state index in [0.717, 1.165) is 107 Å². The molecule has 3 rings (SSSR count). The van der Waals surface area contributed by atoms with Crippen LogP contribution in [0.5, 0.6) is 11.5 Å². The second-order valence-corrected chi connectivity index (χ2v) is 22.1. The number of phenolic OH excluding ortho intramolecular Hbond substituents is 2. The van der Waals surface area contributed by atoms with E-state index < -0.39 is 0 Å². The molecule has 0 saturated carbocycles. The molecule has 0 aliphatic carbocycles. The van der Waals surface area contributed by atoms with E-state index >= 15 is 0 Å². The topological polar surface area (TPSA) is 105 Å². The van der Waals surface area contributed by atoms with Gasteiger partial charge in [-0.25, -0.2) is 0 Å². The number of phenols is 2. The molecule has 3 aromatic rings. The first-order valence-electron chi connectivity index (χ1n) is 28.7. The molecule has 0 fully saturated rings. The lowest BCUT2D eigenvalue weighted by molar-refractivity contribution is 0.179. The first kappa shape index (κ1) is 66.4. The molecule has 9 heteroatoms. The highest BCUT2D eigenvalue weighted by Crippen LogP contribution is 2.38. The van der Waals surface area contributed by atoms with Crippen LogP contribution in [0.3, 0.4) is 0 Å². The van der Waals surface area contributed by atoms with Crippen LogP contribution in [-0.4, -0.2) is 95.3 Å². The van der Waals surface area contributed by atoms with Crippen molar-refractivity contribution in [2.75, 3.05) is 65.4 Å². The van der Waals surface area contributed by atoms with Crippen LogP contribution in [0.15, 0.2) is 59.5 Å². The Morgan fingerprint density at radius 2 is 0.831 bits per heavy atom. The zero-order chi connectivity index (χ0) is 53.7. The van der Waals surface area contributed by atoms with Crippen molar-refractivity contribution in [1.82, 2.24) is 19.6 Å². The average Bonchev–Trinajstić information content (AvgIpc) is 3.35. The smallest absolute Gasteiger partial charge is 0.120 e. The highest BCUT2D eigenvalue weighted by molar-refractivity contribution is 7.80. The average molecular weight is 1010 g/mol. The van der Waals surface area contributed by atoms with Crippen LogP contribution < -0.4 is 11.5 Å². The lowest BCUT2D eigenvalue weighted by atomic mass is 9.79. The summed E-state index contributed by atoms with van der Waals surface area (Å²) in [6.45, 7) is 45.8. The quantitative estimate of drug-likeness (QED) is 0.0394. The maximum absolute atomic E-state index is 10.8. The summed E-state index contributed by atoms with van der Waals surface area (Å²) >= 11 is 4.53. The summed E-state index contributed by atoms with van der Waals surface area (Å²) in [6, 6.07) is 20.4. The minimum absolute atomic E-state index is 0.0130. The number of nitrogens with two attached hydrogens (primary N) is 2. The summed E-state index contributed by atoms with van der Waals surface area (Å²) in [5.74, 6) is 0.898. The van der Waals surface area contributed by atoms with Crippen LogP contribution in [0.2, 0.25) is 0 Å². The van der Waals surface area contributed by atoms with E-state index in [1.165, 1.54) is 60.8 Å². The van der Waals surface area contributed by atoms with Gasteiger partial charge in [0.15, 0.2) is 0 Å². The van der Waals surface area contributed by atoms with Crippen molar-refractivity contribution < 1.29 is 10.2 Å². The summed E-state index contributed by atoms with van der Waals surface area (Å²) < 4.78 is 0. The van der Waals surface area contributed by atoms with Gasteiger partial charge in [-0.05, 0) is 183 Å². The first-order chi connectivity index (χ1) is 33.8. The van der Waals surface area contributed by atoms with Gasteiger partial charge in [0, 0.05) is 64.1 Å². The van der Waals surface area contributed by atoms with E-state index in [-0.39, 0.29) is 16.9 Å². The van der Waals surface area contributed by atoms with Crippen LogP contribution in [-0.2, 0) is 10.8 Å². The van der Waals surface area contributed by atoms with Gasteiger partial charge in [0.2, 0.25) is 0 Å². The normalized spacial score (nSPS) is 13.8. The Morgan fingerprint density at radius 3 is 1.27 bits per heavy atom. The molecule has 8 nitrogen and oxygen atoms in total. The molecule has 4 unspecified atom stereocenters. The number of thiol groups is 1. The van der Waals surface area contributed by atoms with E-state index in [9.17, 15) is 10.2 Å². The molecule has 0 aromatic heterocycles. The van der Waals surface area contributed by atoms with E-state index in [0.29, 0.717) is 42.7 Å².